The largest absolute Gasteiger partial charge is 0.325 e. The van der Waals surface area contributed by atoms with E-state index in [9.17, 15) is 24.5 Å². The van der Waals surface area contributed by atoms with Crippen LogP contribution in [-0.4, -0.2) is 28.4 Å². The van der Waals surface area contributed by atoms with E-state index in [-0.39, 0.29) is 23.0 Å². The van der Waals surface area contributed by atoms with Crippen LogP contribution in [0, 0.1) is 24.0 Å². The van der Waals surface area contributed by atoms with E-state index in [0.717, 1.165) is 16.0 Å². The molecule has 0 atom stereocenters. The molecular formula is C32H28N4O5S. The van der Waals surface area contributed by atoms with E-state index in [1.165, 1.54) is 30.0 Å². The van der Waals surface area contributed by atoms with Crippen molar-refractivity contribution >= 4 is 52.6 Å². The lowest BCUT2D eigenvalue weighted by atomic mass is 10.1. The Kier molecular flexibility index (Phi) is 9.85. The molecule has 0 spiro atoms. The number of nitrogens with one attached hydrogen (secondary N) is 3. The summed E-state index contributed by atoms with van der Waals surface area (Å²) in [6.45, 7) is 3.65. The summed E-state index contributed by atoms with van der Waals surface area (Å²) >= 11 is 1.27. The van der Waals surface area contributed by atoms with E-state index < -0.39 is 16.7 Å². The lowest BCUT2D eigenvalue weighted by molar-refractivity contribution is -0.384. The molecule has 0 saturated carbocycles. The molecule has 0 aliphatic rings. The summed E-state index contributed by atoms with van der Waals surface area (Å²) in [5.74, 6) is -1.12. The minimum absolute atomic E-state index is 0.0461. The van der Waals surface area contributed by atoms with Gasteiger partial charge in [-0.15, -0.1) is 11.8 Å². The third-order valence-electron chi connectivity index (χ3n) is 6.07. The molecule has 0 aliphatic heterocycles. The van der Waals surface area contributed by atoms with Crippen LogP contribution in [0.5, 0.6) is 0 Å². The van der Waals surface area contributed by atoms with E-state index in [1.54, 1.807) is 61.5 Å². The highest BCUT2D eigenvalue weighted by Crippen LogP contribution is 2.24. The van der Waals surface area contributed by atoms with Crippen molar-refractivity contribution in [1.29, 1.82) is 0 Å². The molecule has 0 saturated heterocycles. The second-order valence-corrected chi connectivity index (χ2v) is 10.4. The Labute approximate surface area is 247 Å². The number of rotatable bonds is 10. The number of aryl methyl sites for hydroxylation is 2. The van der Waals surface area contributed by atoms with Crippen LogP contribution in [0.25, 0.3) is 6.08 Å². The predicted octanol–water partition coefficient (Wildman–Crippen LogP) is 6.35. The third-order valence-corrected chi connectivity index (χ3v) is 7.07. The Morgan fingerprint density at radius 3 is 2.29 bits per heavy atom. The Bertz CT molecular complexity index is 1650. The molecule has 0 aromatic heterocycles. The van der Waals surface area contributed by atoms with Gasteiger partial charge in [-0.3, -0.25) is 24.5 Å². The van der Waals surface area contributed by atoms with Crippen molar-refractivity contribution in [3.8, 4) is 0 Å². The zero-order valence-corrected chi connectivity index (χ0v) is 23.7. The fraction of sp³-hybridized carbons (Fsp3) is 0.0938. The smallest absolute Gasteiger partial charge is 0.272 e. The van der Waals surface area contributed by atoms with Crippen molar-refractivity contribution in [1.82, 2.24) is 5.32 Å². The van der Waals surface area contributed by atoms with Crippen LogP contribution in [0.4, 0.5) is 17.1 Å². The maximum absolute atomic E-state index is 13.3. The molecular weight excluding hydrogens is 552 g/mol. The van der Waals surface area contributed by atoms with E-state index in [0.29, 0.717) is 22.5 Å². The molecule has 42 heavy (non-hydrogen) atoms. The van der Waals surface area contributed by atoms with Crippen LogP contribution < -0.4 is 16.0 Å². The Morgan fingerprint density at radius 2 is 1.60 bits per heavy atom. The van der Waals surface area contributed by atoms with Crippen molar-refractivity contribution in [3.63, 3.8) is 0 Å². The maximum Gasteiger partial charge on any atom is 0.272 e. The SMILES string of the molecule is Cc1ccc(/C=C(\NC(=O)c2ccccc2)C(=O)Nc2cccc(SCC(=O)Nc3ccc([N+](=O)[O-])cc3C)c2)cc1. The van der Waals surface area contributed by atoms with Crippen LogP contribution in [0.3, 0.4) is 0 Å². The number of hydrogen-bond donors (Lipinski definition) is 3. The highest BCUT2D eigenvalue weighted by atomic mass is 32.2. The quantitative estimate of drug-likeness (QED) is 0.0867. The van der Waals surface area contributed by atoms with Crippen LogP contribution in [0.1, 0.15) is 27.0 Å². The average Bonchev–Trinajstić information content (AvgIpc) is 2.98. The normalized spacial score (nSPS) is 11.0. The van der Waals surface area contributed by atoms with Crippen molar-refractivity contribution in [2.24, 2.45) is 0 Å². The number of nitro groups is 1. The summed E-state index contributed by atoms with van der Waals surface area (Å²) < 4.78 is 0. The highest BCUT2D eigenvalue weighted by molar-refractivity contribution is 8.00. The number of hydrogen-bond acceptors (Lipinski definition) is 6. The summed E-state index contributed by atoms with van der Waals surface area (Å²) in [6.07, 6.45) is 1.61. The molecule has 0 aliphatic carbocycles. The van der Waals surface area contributed by atoms with Gasteiger partial charge in [0.2, 0.25) is 5.91 Å². The number of carbonyl (C=O) groups excluding carboxylic acids is 3. The lowest BCUT2D eigenvalue weighted by Gasteiger charge is -2.12. The third kappa shape index (κ3) is 8.39. The lowest BCUT2D eigenvalue weighted by Crippen LogP contribution is -2.30. The number of amides is 3. The first-order valence-corrected chi connectivity index (χ1v) is 13.9. The van der Waals surface area contributed by atoms with Crippen molar-refractivity contribution in [2.45, 2.75) is 18.7 Å². The first-order valence-electron chi connectivity index (χ1n) is 12.9. The van der Waals surface area contributed by atoms with Gasteiger partial charge in [-0.1, -0.05) is 54.1 Å². The average molecular weight is 581 g/mol. The van der Waals surface area contributed by atoms with Gasteiger partial charge in [-0.05, 0) is 67.4 Å². The summed E-state index contributed by atoms with van der Waals surface area (Å²) in [4.78, 5) is 49.9. The molecule has 4 rings (SSSR count). The fourth-order valence-electron chi connectivity index (χ4n) is 3.87. The molecule has 212 valence electrons. The molecule has 4 aromatic rings. The molecule has 10 heteroatoms. The van der Waals surface area contributed by atoms with Gasteiger partial charge in [-0.25, -0.2) is 0 Å². The Morgan fingerprint density at radius 1 is 0.857 bits per heavy atom. The molecule has 9 nitrogen and oxygen atoms in total. The summed E-state index contributed by atoms with van der Waals surface area (Å²) in [6, 6.07) is 27.4. The topological polar surface area (TPSA) is 130 Å². The van der Waals surface area contributed by atoms with Crippen molar-refractivity contribution < 1.29 is 19.3 Å². The maximum atomic E-state index is 13.3. The van der Waals surface area contributed by atoms with E-state index in [2.05, 4.69) is 16.0 Å². The molecule has 0 unspecified atom stereocenters. The molecule has 3 N–H and O–H groups in total. The first-order chi connectivity index (χ1) is 20.2. The van der Waals surface area contributed by atoms with E-state index in [1.807, 2.05) is 37.3 Å². The van der Waals surface area contributed by atoms with Crippen molar-refractivity contribution in [2.75, 3.05) is 16.4 Å². The van der Waals surface area contributed by atoms with Gasteiger partial charge in [0, 0.05) is 34.0 Å². The van der Waals surface area contributed by atoms with Gasteiger partial charge in [0.05, 0.1) is 10.7 Å². The number of benzene rings is 4. The number of thioether (sulfide) groups is 1. The zero-order chi connectivity index (χ0) is 30.1. The zero-order valence-electron chi connectivity index (χ0n) is 22.9. The summed E-state index contributed by atoms with van der Waals surface area (Å²) in [5.41, 5.74) is 3.83. The standard InChI is InChI=1S/C32H28N4O5S/c1-21-11-13-23(14-12-21)18-29(35-31(38)24-7-4-3-5-8-24)32(39)33-25-9-6-10-27(19-25)42-20-30(37)34-28-16-15-26(36(40)41)17-22(28)2/h3-19H,20H2,1-2H3,(H,33,39)(H,34,37)(H,35,38)/b29-18-. The summed E-state index contributed by atoms with van der Waals surface area (Å²) in [5, 5.41) is 19.3. The number of nitro benzene ring substituents is 1. The van der Waals surface area contributed by atoms with Crippen LogP contribution in [-0.2, 0) is 9.59 Å². The monoisotopic (exact) mass is 580 g/mol. The van der Waals surface area contributed by atoms with Gasteiger partial charge in [0.15, 0.2) is 0 Å². The van der Waals surface area contributed by atoms with Crippen molar-refractivity contribution in [3.05, 3.63) is 135 Å². The highest BCUT2D eigenvalue weighted by Gasteiger charge is 2.16. The minimum atomic E-state index is -0.506. The Balaban J connectivity index is 1.43. The summed E-state index contributed by atoms with van der Waals surface area (Å²) in [7, 11) is 0. The van der Waals surface area contributed by atoms with E-state index in [4.69, 9.17) is 0 Å². The fourth-order valence-corrected chi connectivity index (χ4v) is 4.63. The van der Waals surface area contributed by atoms with Crippen LogP contribution >= 0.6 is 11.8 Å². The molecule has 0 radical (unpaired) electrons. The number of nitrogens with zero attached hydrogens (tertiary/aromatic N) is 1. The minimum Gasteiger partial charge on any atom is -0.325 e. The number of anilines is 2. The number of non-ortho nitro benzene ring substituents is 1. The second-order valence-electron chi connectivity index (χ2n) is 9.36. The number of carbonyl (C=O) groups is 3. The molecule has 3 amide bonds. The molecule has 0 heterocycles. The molecule has 0 fully saturated rings. The van der Waals surface area contributed by atoms with Gasteiger partial charge in [0.1, 0.15) is 5.70 Å². The first kappa shape index (κ1) is 29.8. The predicted molar refractivity (Wildman–Crippen MR) is 165 cm³/mol. The van der Waals surface area contributed by atoms with Crippen LogP contribution in [0.2, 0.25) is 0 Å². The Hall–Kier alpha value is -5.22. The van der Waals surface area contributed by atoms with Gasteiger partial charge >= 0.3 is 0 Å². The van der Waals surface area contributed by atoms with Gasteiger partial charge < -0.3 is 16.0 Å². The second kappa shape index (κ2) is 13.9. The van der Waals surface area contributed by atoms with E-state index >= 15 is 0 Å². The van der Waals surface area contributed by atoms with Gasteiger partial charge in [-0.2, -0.15) is 0 Å². The molecule has 0 bridgehead atoms. The molecule has 4 aromatic carbocycles. The van der Waals surface area contributed by atoms with Crippen LogP contribution in [0.15, 0.2) is 108 Å². The van der Waals surface area contributed by atoms with Gasteiger partial charge in [0.25, 0.3) is 17.5 Å².